The minimum atomic E-state index is 0.286. The van der Waals surface area contributed by atoms with E-state index in [1.54, 1.807) is 0 Å². The van der Waals surface area contributed by atoms with Crippen LogP contribution in [0.3, 0.4) is 0 Å². The van der Waals surface area contributed by atoms with Crippen LogP contribution in [0.1, 0.15) is 13.8 Å². The van der Waals surface area contributed by atoms with Crippen molar-refractivity contribution in [3.8, 4) is 0 Å². The largest absolute Gasteiger partial charge is 0.200 e. The summed E-state index contributed by atoms with van der Waals surface area (Å²) in [6.07, 6.45) is 2.19. The number of rotatable bonds is 0. The zero-order valence-electron chi connectivity index (χ0n) is 5.97. The van der Waals surface area contributed by atoms with Crippen LogP contribution in [0.2, 0.25) is 0 Å². The normalized spacial score (nSPS) is 24.5. The van der Waals surface area contributed by atoms with Gasteiger partial charge in [0.05, 0.1) is 7.05 Å². The fraction of sp³-hybridized carbons (Fsp3) is 0.833. The van der Waals surface area contributed by atoms with Crippen LogP contribution >= 0.6 is 0 Å². The van der Waals surface area contributed by atoms with E-state index in [1.807, 2.05) is 7.05 Å². The topological polar surface area (TPSA) is 6.25 Å². The van der Waals surface area contributed by atoms with E-state index in [4.69, 9.17) is 0 Å². The average molecular weight is 113 g/mol. The van der Waals surface area contributed by atoms with Crippen LogP contribution in [0.4, 0.5) is 0 Å². The molecular formula is C6H13N2+. The van der Waals surface area contributed by atoms with Crippen molar-refractivity contribution in [2.45, 2.75) is 19.4 Å². The van der Waals surface area contributed by atoms with E-state index in [0.717, 1.165) is 0 Å². The Morgan fingerprint density at radius 2 is 2.00 bits per heavy atom. The molecule has 0 unspecified atom stereocenters. The maximum absolute atomic E-state index is 2.19. The summed E-state index contributed by atoms with van der Waals surface area (Å²) in [5, 5.41) is 2.19. The molecule has 0 radical (unpaired) electrons. The first-order chi connectivity index (χ1) is 3.54. The van der Waals surface area contributed by atoms with Crippen molar-refractivity contribution in [1.82, 2.24) is 5.01 Å². The van der Waals surface area contributed by atoms with Gasteiger partial charge in [0.25, 0.3) is 0 Å². The smallest absolute Gasteiger partial charge is 0.174 e. The van der Waals surface area contributed by atoms with Crippen LogP contribution in [-0.2, 0) is 0 Å². The van der Waals surface area contributed by atoms with Gasteiger partial charge >= 0.3 is 0 Å². The third-order valence-corrected chi connectivity index (χ3v) is 1.81. The Kier molecular flexibility index (Phi) is 0.872. The van der Waals surface area contributed by atoms with Gasteiger partial charge in [0.15, 0.2) is 18.8 Å². The van der Waals surface area contributed by atoms with Crippen LogP contribution in [-0.4, -0.2) is 35.5 Å². The first-order valence-electron chi connectivity index (χ1n) is 2.86. The summed E-state index contributed by atoms with van der Waals surface area (Å²) in [6, 6.07) is 0. The highest BCUT2D eigenvalue weighted by Crippen LogP contribution is 2.15. The van der Waals surface area contributed by atoms with Crippen molar-refractivity contribution in [3.05, 3.63) is 0 Å². The van der Waals surface area contributed by atoms with E-state index in [9.17, 15) is 0 Å². The average Bonchev–Trinajstić information content (AvgIpc) is 1.65. The molecule has 0 amide bonds. The van der Waals surface area contributed by atoms with E-state index in [-0.39, 0.29) is 5.54 Å². The standard InChI is InChI=1S/C6H13N2/c1-6(2)5-7(3)8(6)4/h5H,1-4H3/q+1. The Labute approximate surface area is 50.4 Å². The second-order valence-electron chi connectivity index (χ2n) is 2.88. The minimum absolute atomic E-state index is 0.286. The van der Waals surface area contributed by atoms with Crippen LogP contribution in [0, 0.1) is 0 Å². The SMILES string of the molecule is CN1[N+](C)=CC1(C)C. The van der Waals surface area contributed by atoms with Crippen molar-refractivity contribution in [2.24, 2.45) is 0 Å². The summed E-state index contributed by atoms with van der Waals surface area (Å²) in [4.78, 5) is 0. The Hall–Kier alpha value is -0.530. The van der Waals surface area contributed by atoms with Gasteiger partial charge in [0, 0.05) is 0 Å². The Morgan fingerprint density at radius 1 is 1.50 bits per heavy atom. The zero-order chi connectivity index (χ0) is 6.36. The second kappa shape index (κ2) is 1.24. The molecule has 2 heteroatoms. The third kappa shape index (κ3) is 0.522. The summed E-state index contributed by atoms with van der Waals surface area (Å²) in [7, 11) is 4.13. The molecule has 46 valence electrons. The van der Waals surface area contributed by atoms with E-state index in [0.29, 0.717) is 0 Å². The van der Waals surface area contributed by atoms with Crippen molar-refractivity contribution in [1.29, 1.82) is 0 Å². The molecule has 0 saturated carbocycles. The van der Waals surface area contributed by atoms with Gasteiger partial charge in [-0.1, -0.05) is 0 Å². The molecule has 0 saturated heterocycles. The van der Waals surface area contributed by atoms with Crippen LogP contribution in [0.15, 0.2) is 0 Å². The van der Waals surface area contributed by atoms with Crippen molar-refractivity contribution < 1.29 is 4.68 Å². The fourth-order valence-corrected chi connectivity index (χ4v) is 0.978. The molecule has 0 atom stereocenters. The van der Waals surface area contributed by atoms with Gasteiger partial charge < -0.3 is 0 Å². The Bertz CT molecular complexity index is 135. The predicted octanol–water partition coefficient (Wildman–Crippen LogP) is 0.339. The number of hydrazone groups is 1. The molecule has 1 rings (SSSR count). The summed E-state index contributed by atoms with van der Waals surface area (Å²) >= 11 is 0. The van der Waals surface area contributed by atoms with Crippen molar-refractivity contribution in [3.63, 3.8) is 0 Å². The van der Waals surface area contributed by atoms with E-state index in [1.165, 1.54) is 0 Å². The molecule has 0 bridgehead atoms. The quantitative estimate of drug-likeness (QED) is 0.410. The number of nitrogens with zero attached hydrogens (tertiary/aromatic N) is 2. The maximum atomic E-state index is 2.19. The zero-order valence-corrected chi connectivity index (χ0v) is 5.97. The number of hydrogen-bond donors (Lipinski definition) is 0. The summed E-state index contributed by atoms with van der Waals surface area (Å²) in [6.45, 7) is 4.38. The molecule has 1 aliphatic heterocycles. The first-order valence-corrected chi connectivity index (χ1v) is 2.86. The van der Waals surface area contributed by atoms with Crippen LogP contribution < -0.4 is 0 Å². The van der Waals surface area contributed by atoms with Gasteiger partial charge in [-0.25, -0.2) is 0 Å². The van der Waals surface area contributed by atoms with Crippen LogP contribution in [0.25, 0.3) is 0 Å². The van der Waals surface area contributed by atoms with E-state index < -0.39 is 0 Å². The minimum Gasteiger partial charge on any atom is -0.174 e. The third-order valence-electron chi connectivity index (χ3n) is 1.81. The highest BCUT2D eigenvalue weighted by atomic mass is 15.6. The van der Waals surface area contributed by atoms with E-state index >= 15 is 0 Å². The maximum Gasteiger partial charge on any atom is 0.200 e. The van der Waals surface area contributed by atoms with E-state index in [2.05, 4.69) is 36.8 Å². The lowest BCUT2D eigenvalue weighted by Gasteiger charge is -2.34. The molecule has 8 heavy (non-hydrogen) atoms. The molecule has 0 aromatic rings. The molecule has 0 aromatic heterocycles. The van der Waals surface area contributed by atoms with Gasteiger partial charge in [-0.15, -0.1) is 4.68 Å². The van der Waals surface area contributed by atoms with Crippen LogP contribution in [0.5, 0.6) is 0 Å². The highest BCUT2D eigenvalue weighted by molar-refractivity contribution is 5.66. The molecule has 0 aliphatic carbocycles. The molecule has 2 nitrogen and oxygen atoms in total. The first kappa shape index (κ1) is 5.60. The predicted molar refractivity (Wildman–Crippen MR) is 34.1 cm³/mol. The van der Waals surface area contributed by atoms with Gasteiger partial charge in [0.2, 0.25) is 0 Å². The van der Waals surface area contributed by atoms with Gasteiger partial charge in [0.1, 0.15) is 0 Å². The molecular weight excluding hydrogens is 100 g/mol. The summed E-state index contributed by atoms with van der Waals surface area (Å²) in [5.74, 6) is 0. The molecule has 1 aliphatic rings. The van der Waals surface area contributed by atoms with Crippen molar-refractivity contribution >= 4 is 6.21 Å². The Balaban J connectivity index is 2.74. The molecule has 0 fully saturated rings. The highest BCUT2D eigenvalue weighted by Gasteiger charge is 2.39. The molecule has 1 heterocycles. The second-order valence-corrected chi connectivity index (χ2v) is 2.88. The monoisotopic (exact) mass is 113 g/mol. The van der Waals surface area contributed by atoms with Gasteiger partial charge in [-0.05, 0) is 13.8 Å². The molecule has 0 spiro atoms. The lowest BCUT2D eigenvalue weighted by molar-refractivity contribution is -0.705. The number of hydrogen-bond acceptors (Lipinski definition) is 1. The van der Waals surface area contributed by atoms with Gasteiger partial charge in [-0.3, -0.25) is 0 Å². The molecule has 0 N–H and O–H groups in total. The summed E-state index contributed by atoms with van der Waals surface area (Å²) < 4.78 is 2.08. The number of hydrazine groups is 1. The Morgan fingerprint density at radius 3 is 2.00 bits per heavy atom. The van der Waals surface area contributed by atoms with Gasteiger partial charge in [-0.2, -0.15) is 5.01 Å². The lowest BCUT2D eigenvalue weighted by Crippen LogP contribution is -2.58. The lowest BCUT2D eigenvalue weighted by atomic mass is 10.0. The molecule has 0 aromatic carbocycles. The fourth-order valence-electron chi connectivity index (χ4n) is 0.978. The summed E-state index contributed by atoms with van der Waals surface area (Å²) in [5.41, 5.74) is 0.286. The van der Waals surface area contributed by atoms with Crippen molar-refractivity contribution in [2.75, 3.05) is 14.1 Å².